The molecule has 0 amide bonds. The Kier molecular flexibility index (Phi) is 8.70. The van der Waals surface area contributed by atoms with Crippen LogP contribution in [0.15, 0.2) is 0 Å². The lowest BCUT2D eigenvalue weighted by molar-refractivity contribution is -0.0232. The van der Waals surface area contributed by atoms with Crippen molar-refractivity contribution in [2.75, 3.05) is 0 Å². The van der Waals surface area contributed by atoms with E-state index in [1.54, 1.807) is 0 Å². The van der Waals surface area contributed by atoms with Gasteiger partial charge in [-0.2, -0.15) is 0 Å². The third-order valence-corrected chi connectivity index (χ3v) is 8.30. The minimum absolute atomic E-state index is 0.0998. The van der Waals surface area contributed by atoms with Gasteiger partial charge in [-0.25, -0.2) is 0 Å². The quantitative estimate of drug-likeness (QED) is 0.504. The van der Waals surface area contributed by atoms with Gasteiger partial charge in [0, 0.05) is 23.4 Å². The minimum Gasteiger partial charge on any atom is -0.371 e. The lowest BCUT2D eigenvalue weighted by Crippen LogP contribution is -2.60. The minimum atomic E-state index is -2.82. The van der Waals surface area contributed by atoms with Crippen LogP contribution in [0, 0.1) is 5.92 Å². The molecule has 0 bridgehead atoms. The normalized spacial score (nSPS) is 14.0. The Morgan fingerprint density at radius 3 is 1.19 bits per heavy atom. The van der Waals surface area contributed by atoms with Gasteiger partial charge >= 0.3 is 8.80 Å². The van der Waals surface area contributed by atoms with E-state index in [9.17, 15) is 0 Å². The highest BCUT2D eigenvalue weighted by molar-refractivity contribution is 6.64. The van der Waals surface area contributed by atoms with Crippen LogP contribution < -0.4 is 0 Å². The van der Waals surface area contributed by atoms with Crippen molar-refractivity contribution in [2.45, 2.75) is 105 Å². The van der Waals surface area contributed by atoms with E-state index >= 15 is 0 Å². The average molecular weight is 319 g/mol. The maximum atomic E-state index is 6.40. The van der Waals surface area contributed by atoms with Gasteiger partial charge in [-0.15, -0.1) is 0 Å². The highest BCUT2D eigenvalue weighted by Gasteiger charge is 2.59. The molecule has 0 saturated heterocycles. The van der Waals surface area contributed by atoms with Gasteiger partial charge in [-0.1, -0.05) is 40.5 Å². The standard InChI is InChI=1S/C17H38O3Si/c1-11-16(12-2)17(9,10)21(18-13(3)4,19-14(5)6)20-15(7)8/h13-16H,11-12H2,1-10H3. The van der Waals surface area contributed by atoms with Crippen molar-refractivity contribution in [1.82, 2.24) is 0 Å². The van der Waals surface area contributed by atoms with E-state index in [2.05, 4.69) is 69.2 Å². The molecule has 0 aromatic rings. The van der Waals surface area contributed by atoms with E-state index in [1.807, 2.05) is 0 Å². The largest absolute Gasteiger partial charge is 0.507 e. The fraction of sp³-hybridized carbons (Fsp3) is 1.00. The number of hydrogen-bond donors (Lipinski definition) is 0. The van der Waals surface area contributed by atoms with Gasteiger partial charge in [0.25, 0.3) is 0 Å². The summed E-state index contributed by atoms with van der Waals surface area (Å²) in [5.41, 5.74) is 0. The fourth-order valence-electron chi connectivity index (χ4n) is 3.03. The Morgan fingerprint density at radius 2 is 1.00 bits per heavy atom. The second-order valence-electron chi connectivity index (χ2n) is 7.29. The third kappa shape index (κ3) is 5.66. The summed E-state index contributed by atoms with van der Waals surface area (Å²) in [5.74, 6) is 0.528. The van der Waals surface area contributed by atoms with Crippen LogP contribution in [0.25, 0.3) is 0 Å². The van der Waals surface area contributed by atoms with Gasteiger partial charge in [0.15, 0.2) is 0 Å². The van der Waals surface area contributed by atoms with Crippen molar-refractivity contribution >= 4 is 8.80 Å². The van der Waals surface area contributed by atoms with E-state index in [4.69, 9.17) is 13.3 Å². The zero-order valence-electron chi connectivity index (χ0n) is 15.9. The summed E-state index contributed by atoms with van der Waals surface area (Å²) in [7, 11) is -2.82. The van der Waals surface area contributed by atoms with Crippen LogP contribution in [0.3, 0.4) is 0 Å². The summed E-state index contributed by atoms with van der Waals surface area (Å²) >= 11 is 0. The van der Waals surface area contributed by atoms with Crippen molar-refractivity contribution in [3.63, 3.8) is 0 Å². The summed E-state index contributed by atoms with van der Waals surface area (Å²) in [5, 5.41) is -0.102. The fourth-order valence-corrected chi connectivity index (χ4v) is 6.88. The van der Waals surface area contributed by atoms with Crippen LogP contribution in [0.1, 0.15) is 82.1 Å². The molecule has 0 aliphatic carbocycles. The molecule has 0 N–H and O–H groups in total. The molecule has 4 heteroatoms. The topological polar surface area (TPSA) is 27.7 Å². The summed E-state index contributed by atoms with van der Waals surface area (Å²) in [6.45, 7) is 21.4. The maximum absolute atomic E-state index is 6.40. The molecule has 3 nitrogen and oxygen atoms in total. The van der Waals surface area contributed by atoms with Crippen LogP contribution in [0.4, 0.5) is 0 Å². The molecule has 0 heterocycles. The zero-order chi connectivity index (χ0) is 16.8. The Balaban J connectivity index is 5.79. The molecular weight excluding hydrogens is 280 g/mol. The summed E-state index contributed by atoms with van der Waals surface area (Å²) < 4.78 is 19.2. The number of hydrogen-bond acceptors (Lipinski definition) is 3. The molecule has 0 spiro atoms. The molecule has 0 radical (unpaired) electrons. The molecule has 0 aromatic carbocycles. The first kappa shape index (κ1) is 21.1. The first-order valence-electron chi connectivity index (χ1n) is 8.55. The Bertz CT molecular complexity index is 257. The van der Waals surface area contributed by atoms with Crippen molar-refractivity contribution in [3.05, 3.63) is 0 Å². The summed E-state index contributed by atoms with van der Waals surface area (Å²) in [6.07, 6.45) is 2.53. The van der Waals surface area contributed by atoms with Gasteiger partial charge in [-0.3, -0.25) is 0 Å². The van der Waals surface area contributed by atoms with Gasteiger partial charge in [0.2, 0.25) is 0 Å². The Hall–Kier alpha value is 0.0969. The lowest BCUT2D eigenvalue weighted by atomic mass is 9.90. The number of rotatable bonds is 10. The van der Waals surface area contributed by atoms with E-state index in [1.165, 1.54) is 0 Å². The molecule has 0 rings (SSSR count). The monoisotopic (exact) mass is 318 g/mol. The van der Waals surface area contributed by atoms with Crippen molar-refractivity contribution in [3.8, 4) is 0 Å². The first-order chi connectivity index (χ1) is 9.52. The molecule has 0 aromatic heterocycles. The predicted octanol–water partition coefficient (Wildman–Crippen LogP) is 5.42. The molecule has 0 fully saturated rings. The molecule has 128 valence electrons. The Labute approximate surface area is 134 Å². The SMILES string of the molecule is CCC(CC)C(C)(C)[Si](OC(C)C)(OC(C)C)OC(C)C. The van der Waals surface area contributed by atoms with Crippen molar-refractivity contribution in [2.24, 2.45) is 5.92 Å². The van der Waals surface area contributed by atoms with Crippen LogP contribution in [-0.2, 0) is 13.3 Å². The van der Waals surface area contributed by atoms with E-state index < -0.39 is 8.80 Å². The van der Waals surface area contributed by atoms with Crippen molar-refractivity contribution < 1.29 is 13.3 Å². The third-order valence-electron chi connectivity index (χ3n) is 3.97. The van der Waals surface area contributed by atoms with E-state index in [0.29, 0.717) is 5.92 Å². The molecule has 0 unspecified atom stereocenters. The highest BCUT2D eigenvalue weighted by Crippen LogP contribution is 2.50. The predicted molar refractivity (Wildman–Crippen MR) is 92.5 cm³/mol. The lowest BCUT2D eigenvalue weighted by Gasteiger charge is -2.47. The molecule has 0 saturated carbocycles. The maximum Gasteiger partial charge on any atom is 0.507 e. The smallest absolute Gasteiger partial charge is 0.371 e. The van der Waals surface area contributed by atoms with Gasteiger partial charge in [0.1, 0.15) is 0 Å². The van der Waals surface area contributed by atoms with E-state index in [0.717, 1.165) is 12.8 Å². The van der Waals surface area contributed by atoms with Crippen LogP contribution in [0.5, 0.6) is 0 Å². The molecule has 21 heavy (non-hydrogen) atoms. The Morgan fingerprint density at radius 1 is 0.714 bits per heavy atom. The van der Waals surface area contributed by atoms with Gasteiger partial charge in [0.05, 0.1) is 0 Å². The van der Waals surface area contributed by atoms with Crippen molar-refractivity contribution in [1.29, 1.82) is 0 Å². The summed E-state index contributed by atoms with van der Waals surface area (Å²) in [6, 6.07) is 0. The molecule has 0 aliphatic heterocycles. The van der Waals surface area contributed by atoms with Crippen LogP contribution >= 0.6 is 0 Å². The second kappa shape index (κ2) is 8.66. The molecule has 0 aliphatic rings. The van der Waals surface area contributed by atoms with Gasteiger partial charge < -0.3 is 13.3 Å². The van der Waals surface area contributed by atoms with Crippen LogP contribution in [0.2, 0.25) is 5.04 Å². The van der Waals surface area contributed by atoms with Crippen LogP contribution in [-0.4, -0.2) is 27.1 Å². The molecular formula is C17H38O3Si. The molecule has 0 atom stereocenters. The second-order valence-corrected chi connectivity index (χ2v) is 10.4. The van der Waals surface area contributed by atoms with Gasteiger partial charge in [-0.05, 0) is 47.5 Å². The average Bonchev–Trinajstić information content (AvgIpc) is 2.26. The van der Waals surface area contributed by atoms with E-state index in [-0.39, 0.29) is 23.4 Å². The first-order valence-corrected chi connectivity index (χ1v) is 10.3. The zero-order valence-corrected chi connectivity index (χ0v) is 16.9. The highest BCUT2D eigenvalue weighted by atomic mass is 28.4. The summed E-state index contributed by atoms with van der Waals surface area (Å²) in [4.78, 5) is 0.